The van der Waals surface area contributed by atoms with E-state index in [1.165, 1.54) is 0 Å². The summed E-state index contributed by atoms with van der Waals surface area (Å²) in [4.78, 5) is 3.24. The summed E-state index contributed by atoms with van der Waals surface area (Å²) in [7, 11) is 0. The normalized spacial score (nSPS) is 16.4. The third kappa shape index (κ3) is 2.68. The van der Waals surface area contributed by atoms with Crippen molar-refractivity contribution in [1.82, 2.24) is 10.1 Å². The van der Waals surface area contributed by atoms with E-state index >= 15 is 0 Å². The fraction of sp³-hybridized carbons (Fsp3) is 0.750. The molecule has 2 N–H and O–H groups in total. The van der Waals surface area contributed by atoms with Gasteiger partial charge in [-0.05, 0) is 13.3 Å². The van der Waals surface area contributed by atoms with Crippen LogP contribution >= 0.6 is 0 Å². The second-order valence-corrected chi connectivity index (χ2v) is 3.59. The Balaban J connectivity index is 2.94. The number of rotatable bonds is 3. The van der Waals surface area contributed by atoms with Crippen molar-refractivity contribution < 1.29 is 17.7 Å². The van der Waals surface area contributed by atoms with Crippen LogP contribution in [0.15, 0.2) is 4.52 Å². The predicted octanol–water partition coefficient (Wildman–Crippen LogP) is 2.06. The quantitative estimate of drug-likeness (QED) is 0.851. The van der Waals surface area contributed by atoms with Crippen molar-refractivity contribution in [1.29, 1.82) is 0 Å². The van der Waals surface area contributed by atoms with Crippen LogP contribution in [0.4, 0.5) is 13.2 Å². The Hall–Kier alpha value is -1.11. The van der Waals surface area contributed by atoms with Crippen molar-refractivity contribution in [2.24, 2.45) is 5.73 Å². The third-order valence-corrected chi connectivity index (χ3v) is 1.94. The van der Waals surface area contributed by atoms with Crippen LogP contribution in [0.3, 0.4) is 0 Å². The van der Waals surface area contributed by atoms with Crippen LogP contribution in [0.2, 0.25) is 0 Å². The molecule has 1 aromatic rings. The topological polar surface area (TPSA) is 64.9 Å². The molecule has 0 saturated carbocycles. The first kappa shape index (κ1) is 12.0. The second-order valence-electron chi connectivity index (χ2n) is 3.59. The average molecular weight is 223 g/mol. The number of hydrogen-bond acceptors (Lipinski definition) is 4. The van der Waals surface area contributed by atoms with Crippen LogP contribution in [-0.4, -0.2) is 10.1 Å². The van der Waals surface area contributed by atoms with E-state index in [0.29, 0.717) is 6.42 Å². The van der Waals surface area contributed by atoms with Crippen molar-refractivity contribution in [3.05, 3.63) is 11.7 Å². The Kier molecular flexibility index (Phi) is 3.03. The largest absolute Gasteiger partial charge is 0.455 e. The lowest BCUT2D eigenvalue weighted by Gasteiger charge is -2.18. The molecule has 0 bridgehead atoms. The zero-order valence-electron chi connectivity index (χ0n) is 8.43. The van der Waals surface area contributed by atoms with Crippen LogP contribution in [-0.2, 0) is 11.7 Å². The van der Waals surface area contributed by atoms with Gasteiger partial charge in [0.15, 0.2) is 0 Å². The molecule has 0 fully saturated rings. The van der Waals surface area contributed by atoms with Gasteiger partial charge in [-0.3, -0.25) is 0 Å². The molecule has 0 aliphatic rings. The van der Waals surface area contributed by atoms with E-state index in [1.54, 1.807) is 6.92 Å². The fourth-order valence-corrected chi connectivity index (χ4v) is 1.20. The minimum Gasteiger partial charge on any atom is -0.337 e. The molecule has 0 radical (unpaired) electrons. The molecule has 0 aliphatic carbocycles. The molecule has 0 aliphatic heterocycles. The zero-order valence-corrected chi connectivity index (χ0v) is 8.43. The predicted molar refractivity (Wildman–Crippen MR) is 45.7 cm³/mol. The van der Waals surface area contributed by atoms with Crippen molar-refractivity contribution in [2.75, 3.05) is 0 Å². The molecule has 1 atom stereocenters. The summed E-state index contributed by atoms with van der Waals surface area (Å²) in [6.45, 7) is 3.43. The summed E-state index contributed by atoms with van der Waals surface area (Å²) < 4.78 is 41.0. The van der Waals surface area contributed by atoms with E-state index in [4.69, 9.17) is 5.73 Å². The Morgan fingerprint density at radius 2 is 2.00 bits per heavy atom. The summed E-state index contributed by atoms with van der Waals surface area (Å²) in [5.74, 6) is -1.47. The highest BCUT2D eigenvalue weighted by molar-refractivity contribution is 5.01. The maximum Gasteiger partial charge on any atom is 0.455 e. The molecule has 0 amide bonds. The van der Waals surface area contributed by atoms with E-state index in [-0.39, 0.29) is 5.89 Å². The minimum absolute atomic E-state index is 0.184. The highest BCUT2D eigenvalue weighted by atomic mass is 19.4. The maximum absolute atomic E-state index is 12.1. The summed E-state index contributed by atoms with van der Waals surface area (Å²) in [5.41, 5.74) is 4.73. The monoisotopic (exact) mass is 223 g/mol. The number of nitrogens with two attached hydrogens (primary N) is 1. The molecule has 1 unspecified atom stereocenters. The van der Waals surface area contributed by atoms with Gasteiger partial charge in [-0.1, -0.05) is 18.5 Å². The van der Waals surface area contributed by atoms with Gasteiger partial charge < -0.3 is 10.3 Å². The fourth-order valence-electron chi connectivity index (χ4n) is 1.20. The van der Waals surface area contributed by atoms with Crippen molar-refractivity contribution in [2.45, 2.75) is 38.4 Å². The van der Waals surface area contributed by atoms with Gasteiger partial charge in [-0.2, -0.15) is 18.2 Å². The van der Waals surface area contributed by atoms with Gasteiger partial charge in [0.05, 0.1) is 5.54 Å². The number of alkyl halides is 3. The summed E-state index contributed by atoms with van der Waals surface area (Å²) >= 11 is 0. The first-order chi connectivity index (χ1) is 6.77. The lowest BCUT2D eigenvalue weighted by atomic mass is 9.98. The molecule has 4 nitrogen and oxygen atoms in total. The standard InChI is InChI=1S/C8H12F3N3O/c1-3-4-7(2,12)6-13-5(14-15-6)8(9,10)11/h3-4,12H2,1-2H3. The van der Waals surface area contributed by atoms with Gasteiger partial charge in [0.1, 0.15) is 0 Å². The molecule has 1 heterocycles. The van der Waals surface area contributed by atoms with Crippen LogP contribution in [0.5, 0.6) is 0 Å². The molecule has 1 aromatic heterocycles. The first-order valence-corrected chi connectivity index (χ1v) is 4.47. The van der Waals surface area contributed by atoms with Crippen LogP contribution in [0.25, 0.3) is 0 Å². The molecular formula is C8H12F3N3O. The maximum atomic E-state index is 12.1. The molecule has 0 spiro atoms. The lowest BCUT2D eigenvalue weighted by Crippen LogP contribution is -2.33. The van der Waals surface area contributed by atoms with Gasteiger partial charge in [-0.25, -0.2) is 0 Å². The van der Waals surface area contributed by atoms with Crippen molar-refractivity contribution in [3.63, 3.8) is 0 Å². The molecule has 86 valence electrons. The number of nitrogens with zero attached hydrogens (tertiary/aromatic N) is 2. The molecular weight excluding hydrogens is 211 g/mol. The van der Waals surface area contributed by atoms with Gasteiger partial charge in [0, 0.05) is 0 Å². The summed E-state index contributed by atoms with van der Waals surface area (Å²) in [5, 5.41) is 2.84. The van der Waals surface area contributed by atoms with E-state index in [2.05, 4.69) is 14.7 Å². The molecule has 0 saturated heterocycles. The Morgan fingerprint density at radius 1 is 1.40 bits per heavy atom. The van der Waals surface area contributed by atoms with E-state index < -0.39 is 17.5 Å². The SMILES string of the molecule is CCCC(C)(N)c1nc(C(F)(F)F)no1. The Labute approximate surface area is 84.6 Å². The van der Waals surface area contributed by atoms with Gasteiger partial charge in [0.2, 0.25) is 5.89 Å². The van der Waals surface area contributed by atoms with Crippen LogP contribution in [0, 0.1) is 0 Å². The molecule has 1 rings (SSSR count). The van der Waals surface area contributed by atoms with E-state index in [1.807, 2.05) is 6.92 Å². The van der Waals surface area contributed by atoms with Crippen LogP contribution < -0.4 is 5.73 Å². The van der Waals surface area contributed by atoms with Crippen LogP contribution in [0.1, 0.15) is 38.4 Å². The Bertz CT molecular complexity index is 332. The number of hydrogen-bond donors (Lipinski definition) is 1. The van der Waals surface area contributed by atoms with E-state index in [0.717, 1.165) is 6.42 Å². The Morgan fingerprint density at radius 3 is 2.40 bits per heavy atom. The van der Waals surface area contributed by atoms with Gasteiger partial charge in [-0.15, -0.1) is 0 Å². The van der Waals surface area contributed by atoms with Crippen molar-refractivity contribution >= 4 is 0 Å². The average Bonchev–Trinajstić information content (AvgIpc) is 2.50. The van der Waals surface area contributed by atoms with Gasteiger partial charge in [0.25, 0.3) is 5.82 Å². The zero-order chi connectivity index (χ0) is 11.7. The number of aromatic nitrogens is 2. The van der Waals surface area contributed by atoms with Crippen molar-refractivity contribution in [3.8, 4) is 0 Å². The lowest BCUT2D eigenvalue weighted by molar-refractivity contribution is -0.146. The smallest absolute Gasteiger partial charge is 0.337 e. The highest BCUT2D eigenvalue weighted by Gasteiger charge is 2.39. The molecule has 0 aromatic carbocycles. The molecule has 15 heavy (non-hydrogen) atoms. The summed E-state index contributed by atoms with van der Waals surface area (Å²) in [6.07, 6.45) is -3.40. The minimum atomic E-state index is -4.59. The van der Waals surface area contributed by atoms with Gasteiger partial charge >= 0.3 is 6.18 Å². The highest BCUT2D eigenvalue weighted by Crippen LogP contribution is 2.29. The second kappa shape index (κ2) is 3.80. The number of halogens is 3. The third-order valence-electron chi connectivity index (χ3n) is 1.94. The molecule has 7 heteroatoms. The summed E-state index contributed by atoms with van der Waals surface area (Å²) in [6, 6.07) is 0. The van der Waals surface area contributed by atoms with E-state index in [9.17, 15) is 13.2 Å². The first-order valence-electron chi connectivity index (χ1n) is 4.47.